The molecular weight excluding hydrogens is 198 g/mol. The summed E-state index contributed by atoms with van der Waals surface area (Å²) >= 11 is 0. The lowest BCUT2D eigenvalue weighted by Crippen LogP contribution is -2.22. The monoisotopic (exact) mass is 219 g/mol. The fourth-order valence-corrected chi connectivity index (χ4v) is 3.02. The first-order valence-corrected chi connectivity index (χ1v) is 6.00. The molecule has 0 heterocycles. The average Bonchev–Trinajstić information content (AvgIpc) is 3.04. The van der Waals surface area contributed by atoms with Crippen molar-refractivity contribution < 1.29 is 4.74 Å². The SMILES string of the molecule is COc1ccccc1C1(C(C)C)CC1CN. The summed E-state index contributed by atoms with van der Waals surface area (Å²) in [5.74, 6) is 2.23. The third-order valence-electron chi connectivity index (χ3n) is 4.08. The topological polar surface area (TPSA) is 35.2 Å². The molecule has 2 rings (SSSR count). The summed E-state index contributed by atoms with van der Waals surface area (Å²) in [5.41, 5.74) is 7.42. The van der Waals surface area contributed by atoms with Crippen molar-refractivity contribution in [2.45, 2.75) is 25.7 Å². The molecule has 2 heteroatoms. The second kappa shape index (κ2) is 4.10. The van der Waals surface area contributed by atoms with Gasteiger partial charge in [-0.05, 0) is 30.9 Å². The standard InChI is InChI=1S/C14H21NO/c1-10(2)14(8-11(14)9-15)12-6-4-5-7-13(12)16-3/h4-7,10-11H,8-9,15H2,1-3H3. The third-order valence-corrected chi connectivity index (χ3v) is 4.08. The van der Waals surface area contributed by atoms with Crippen molar-refractivity contribution in [3.8, 4) is 5.75 Å². The Balaban J connectivity index is 2.42. The smallest absolute Gasteiger partial charge is 0.122 e. The van der Waals surface area contributed by atoms with Gasteiger partial charge in [0, 0.05) is 11.0 Å². The van der Waals surface area contributed by atoms with Gasteiger partial charge in [-0.15, -0.1) is 0 Å². The normalized spacial score (nSPS) is 28.2. The highest BCUT2D eigenvalue weighted by Crippen LogP contribution is 2.60. The van der Waals surface area contributed by atoms with E-state index < -0.39 is 0 Å². The molecule has 0 aromatic heterocycles. The molecule has 88 valence electrons. The van der Waals surface area contributed by atoms with Gasteiger partial charge in [-0.1, -0.05) is 32.0 Å². The fourth-order valence-electron chi connectivity index (χ4n) is 3.02. The minimum atomic E-state index is 0.251. The summed E-state index contributed by atoms with van der Waals surface area (Å²) in [6.07, 6.45) is 1.20. The average molecular weight is 219 g/mol. The summed E-state index contributed by atoms with van der Waals surface area (Å²) in [6, 6.07) is 8.35. The molecule has 0 bridgehead atoms. The lowest BCUT2D eigenvalue weighted by Gasteiger charge is -2.24. The summed E-state index contributed by atoms with van der Waals surface area (Å²) in [5, 5.41) is 0. The van der Waals surface area contributed by atoms with Gasteiger partial charge >= 0.3 is 0 Å². The molecule has 0 aliphatic heterocycles. The van der Waals surface area contributed by atoms with Gasteiger partial charge in [0.15, 0.2) is 0 Å². The lowest BCUT2D eigenvalue weighted by atomic mass is 9.82. The van der Waals surface area contributed by atoms with Crippen LogP contribution in [0.5, 0.6) is 5.75 Å². The van der Waals surface area contributed by atoms with E-state index in [4.69, 9.17) is 10.5 Å². The van der Waals surface area contributed by atoms with Crippen LogP contribution in [0.4, 0.5) is 0 Å². The van der Waals surface area contributed by atoms with Crippen molar-refractivity contribution in [2.24, 2.45) is 17.6 Å². The van der Waals surface area contributed by atoms with Crippen molar-refractivity contribution in [3.05, 3.63) is 29.8 Å². The number of benzene rings is 1. The van der Waals surface area contributed by atoms with Gasteiger partial charge < -0.3 is 10.5 Å². The van der Waals surface area contributed by atoms with E-state index in [-0.39, 0.29) is 5.41 Å². The molecule has 1 saturated carbocycles. The Morgan fingerprint density at radius 2 is 2.12 bits per heavy atom. The van der Waals surface area contributed by atoms with Crippen molar-refractivity contribution in [1.29, 1.82) is 0 Å². The molecule has 0 radical (unpaired) electrons. The van der Waals surface area contributed by atoms with Gasteiger partial charge in [-0.3, -0.25) is 0 Å². The van der Waals surface area contributed by atoms with Crippen LogP contribution >= 0.6 is 0 Å². The molecule has 0 amide bonds. The number of methoxy groups -OCH3 is 1. The number of nitrogens with two attached hydrogens (primary N) is 1. The molecule has 0 spiro atoms. The zero-order valence-corrected chi connectivity index (χ0v) is 10.4. The fraction of sp³-hybridized carbons (Fsp3) is 0.571. The first-order valence-electron chi connectivity index (χ1n) is 6.00. The molecule has 2 nitrogen and oxygen atoms in total. The largest absolute Gasteiger partial charge is 0.496 e. The van der Waals surface area contributed by atoms with Crippen LogP contribution in [0.3, 0.4) is 0 Å². The highest BCUT2D eigenvalue weighted by Gasteiger charge is 2.57. The van der Waals surface area contributed by atoms with Crippen LogP contribution < -0.4 is 10.5 Å². The van der Waals surface area contributed by atoms with Crippen LogP contribution in [0.15, 0.2) is 24.3 Å². The van der Waals surface area contributed by atoms with Crippen LogP contribution in [0.2, 0.25) is 0 Å². The Bertz CT molecular complexity index is 375. The predicted octanol–water partition coefficient (Wildman–Crippen LogP) is 2.57. The van der Waals surface area contributed by atoms with E-state index in [1.54, 1.807) is 7.11 Å². The second-order valence-corrected chi connectivity index (χ2v) is 5.03. The van der Waals surface area contributed by atoms with Crippen LogP contribution in [-0.4, -0.2) is 13.7 Å². The number of para-hydroxylation sites is 1. The molecule has 16 heavy (non-hydrogen) atoms. The van der Waals surface area contributed by atoms with Gasteiger partial charge in [0.25, 0.3) is 0 Å². The van der Waals surface area contributed by atoms with E-state index in [1.165, 1.54) is 12.0 Å². The summed E-state index contributed by atoms with van der Waals surface area (Å²) < 4.78 is 5.47. The van der Waals surface area contributed by atoms with E-state index in [2.05, 4.69) is 26.0 Å². The summed E-state index contributed by atoms with van der Waals surface area (Å²) in [7, 11) is 1.74. The molecule has 2 N–H and O–H groups in total. The maximum Gasteiger partial charge on any atom is 0.122 e. The zero-order chi connectivity index (χ0) is 11.8. The van der Waals surface area contributed by atoms with Gasteiger partial charge in [-0.25, -0.2) is 0 Å². The van der Waals surface area contributed by atoms with Crippen LogP contribution in [0, 0.1) is 11.8 Å². The molecule has 1 aliphatic rings. The minimum Gasteiger partial charge on any atom is -0.496 e. The molecule has 1 aromatic rings. The highest BCUT2D eigenvalue weighted by molar-refractivity contribution is 5.45. The van der Waals surface area contributed by atoms with Crippen molar-refractivity contribution >= 4 is 0 Å². The Hall–Kier alpha value is -1.02. The van der Waals surface area contributed by atoms with E-state index in [9.17, 15) is 0 Å². The van der Waals surface area contributed by atoms with Gasteiger partial charge in [0.05, 0.1) is 7.11 Å². The van der Waals surface area contributed by atoms with Crippen molar-refractivity contribution in [3.63, 3.8) is 0 Å². The molecule has 2 unspecified atom stereocenters. The van der Waals surface area contributed by atoms with Crippen molar-refractivity contribution in [1.82, 2.24) is 0 Å². The molecule has 1 aliphatic carbocycles. The number of ether oxygens (including phenoxy) is 1. The second-order valence-electron chi connectivity index (χ2n) is 5.03. The van der Waals surface area contributed by atoms with Crippen LogP contribution in [-0.2, 0) is 5.41 Å². The first-order chi connectivity index (χ1) is 7.66. The summed E-state index contributed by atoms with van der Waals surface area (Å²) in [6.45, 7) is 5.33. The molecule has 1 aromatic carbocycles. The van der Waals surface area contributed by atoms with Crippen LogP contribution in [0.25, 0.3) is 0 Å². The Labute approximate surface area is 97.8 Å². The molecule has 1 fully saturated rings. The van der Waals surface area contributed by atoms with E-state index in [0.717, 1.165) is 12.3 Å². The summed E-state index contributed by atoms with van der Waals surface area (Å²) in [4.78, 5) is 0. The minimum absolute atomic E-state index is 0.251. The third kappa shape index (κ3) is 1.52. The Morgan fingerprint density at radius 1 is 1.44 bits per heavy atom. The zero-order valence-electron chi connectivity index (χ0n) is 10.4. The predicted molar refractivity (Wildman–Crippen MR) is 66.7 cm³/mol. The molecule has 0 saturated heterocycles. The lowest BCUT2D eigenvalue weighted by molar-refractivity contribution is 0.379. The Morgan fingerprint density at radius 3 is 2.62 bits per heavy atom. The maximum atomic E-state index is 5.84. The van der Waals surface area contributed by atoms with Gasteiger partial charge in [0.2, 0.25) is 0 Å². The van der Waals surface area contributed by atoms with Crippen molar-refractivity contribution in [2.75, 3.05) is 13.7 Å². The van der Waals surface area contributed by atoms with Gasteiger partial charge in [-0.2, -0.15) is 0 Å². The number of rotatable bonds is 4. The number of hydrogen-bond donors (Lipinski definition) is 1. The van der Waals surface area contributed by atoms with E-state index >= 15 is 0 Å². The molecule has 2 atom stereocenters. The Kier molecular flexibility index (Phi) is 2.94. The highest BCUT2D eigenvalue weighted by atomic mass is 16.5. The van der Waals surface area contributed by atoms with Crippen LogP contribution in [0.1, 0.15) is 25.8 Å². The van der Waals surface area contributed by atoms with E-state index in [0.29, 0.717) is 11.8 Å². The molecular formula is C14H21NO. The maximum absolute atomic E-state index is 5.84. The quantitative estimate of drug-likeness (QED) is 0.844. The first kappa shape index (κ1) is 11.5. The van der Waals surface area contributed by atoms with E-state index in [1.807, 2.05) is 12.1 Å². The van der Waals surface area contributed by atoms with Gasteiger partial charge in [0.1, 0.15) is 5.75 Å². The number of hydrogen-bond acceptors (Lipinski definition) is 2.